The average molecular weight is 324 g/mol. The molecule has 0 heterocycles. The largest absolute Gasteiger partial charge is 0.573 e. The Kier molecular flexibility index (Phi) is 3.17. The maximum Gasteiger partial charge on any atom is 0.573 e. The third-order valence-electron chi connectivity index (χ3n) is 1.22. The second-order valence-corrected chi connectivity index (χ2v) is 3.30. The summed E-state index contributed by atoms with van der Waals surface area (Å²) in [7, 11) is 0. The Balaban J connectivity index is 3.13. The third kappa shape index (κ3) is 2.69. The normalized spacial score (nSPS) is 11.6. The number of hydrogen-bond acceptors (Lipinski definition) is 1. The first kappa shape index (κ1) is 11.5. The van der Waals surface area contributed by atoms with Gasteiger partial charge >= 0.3 is 6.36 Å². The molecule has 0 aliphatic carbocycles. The standard InChI is InChI=1S/C7H2F5IO/c8-3-1-2-4(9)6(5(3)13)14-7(10,11)12/h1-2H. The van der Waals surface area contributed by atoms with Crippen molar-refractivity contribution in [2.45, 2.75) is 6.36 Å². The fourth-order valence-electron chi connectivity index (χ4n) is 0.718. The highest BCUT2D eigenvalue weighted by Crippen LogP contribution is 2.31. The zero-order valence-electron chi connectivity index (χ0n) is 6.33. The Labute approximate surface area is 89.0 Å². The fraction of sp³-hybridized carbons (Fsp3) is 0.143. The van der Waals surface area contributed by atoms with Gasteiger partial charge in [0.15, 0.2) is 11.6 Å². The molecule has 14 heavy (non-hydrogen) atoms. The van der Waals surface area contributed by atoms with E-state index >= 15 is 0 Å². The molecule has 0 aliphatic heterocycles. The van der Waals surface area contributed by atoms with E-state index in [1.165, 1.54) is 22.6 Å². The van der Waals surface area contributed by atoms with Gasteiger partial charge in [0.2, 0.25) is 0 Å². The van der Waals surface area contributed by atoms with Crippen LogP contribution in [0.3, 0.4) is 0 Å². The minimum absolute atomic E-state index is 0.542. The van der Waals surface area contributed by atoms with E-state index < -0.39 is 27.3 Å². The van der Waals surface area contributed by atoms with Gasteiger partial charge in [-0.25, -0.2) is 8.78 Å². The van der Waals surface area contributed by atoms with Crippen molar-refractivity contribution < 1.29 is 26.7 Å². The summed E-state index contributed by atoms with van der Waals surface area (Å²) in [6.07, 6.45) is -5.03. The van der Waals surface area contributed by atoms with Crippen molar-refractivity contribution in [3.63, 3.8) is 0 Å². The summed E-state index contributed by atoms with van der Waals surface area (Å²) >= 11 is 1.23. The Morgan fingerprint density at radius 3 is 2.07 bits per heavy atom. The van der Waals surface area contributed by atoms with E-state index in [9.17, 15) is 22.0 Å². The fourth-order valence-corrected chi connectivity index (χ4v) is 1.27. The highest BCUT2D eigenvalue weighted by Gasteiger charge is 2.34. The molecule has 0 spiro atoms. The number of alkyl halides is 3. The van der Waals surface area contributed by atoms with Crippen LogP contribution in [0.15, 0.2) is 12.1 Å². The Morgan fingerprint density at radius 2 is 1.57 bits per heavy atom. The maximum atomic E-state index is 12.8. The molecule has 1 rings (SSSR count). The molecule has 0 fully saturated rings. The lowest BCUT2D eigenvalue weighted by Gasteiger charge is -2.11. The summed E-state index contributed by atoms with van der Waals surface area (Å²) in [5, 5.41) is 0. The quantitative estimate of drug-likeness (QED) is 0.437. The lowest BCUT2D eigenvalue weighted by Crippen LogP contribution is -2.19. The number of benzene rings is 1. The Bertz CT molecular complexity index is 349. The predicted molar refractivity (Wildman–Crippen MR) is 45.8 cm³/mol. The van der Waals surface area contributed by atoms with Crippen molar-refractivity contribution >= 4 is 22.6 Å². The molecule has 78 valence electrons. The van der Waals surface area contributed by atoms with Crippen LogP contribution in [0.2, 0.25) is 0 Å². The zero-order valence-corrected chi connectivity index (χ0v) is 8.49. The van der Waals surface area contributed by atoms with Gasteiger partial charge in [0.1, 0.15) is 5.82 Å². The summed E-state index contributed by atoms with van der Waals surface area (Å²) in [5.41, 5.74) is 0. The summed E-state index contributed by atoms with van der Waals surface area (Å²) in [5.74, 6) is -3.36. The lowest BCUT2D eigenvalue weighted by atomic mass is 10.3. The van der Waals surface area contributed by atoms with Crippen LogP contribution in [0.5, 0.6) is 5.75 Å². The molecule has 0 saturated heterocycles. The number of ether oxygens (including phenoxy) is 1. The minimum Gasteiger partial charge on any atom is -0.401 e. The van der Waals surface area contributed by atoms with Gasteiger partial charge in [0.05, 0.1) is 3.57 Å². The van der Waals surface area contributed by atoms with Gasteiger partial charge in [-0.1, -0.05) is 0 Å². The van der Waals surface area contributed by atoms with Crippen molar-refractivity contribution in [3.05, 3.63) is 27.3 Å². The highest BCUT2D eigenvalue weighted by molar-refractivity contribution is 14.1. The average Bonchev–Trinajstić information content (AvgIpc) is 2.04. The van der Waals surface area contributed by atoms with Gasteiger partial charge < -0.3 is 4.74 Å². The van der Waals surface area contributed by atoms with E-state index in [0.717, 1.165) is 6.07 Å². The SMILES string of the molecule is Fc1ccc(F)c(OC(F)(F)F)c1I. The van der Waals surface area contributed by atoms with Crippen LogP contribution >= 0.6 is 22.6 Å². The predicted octanol–water partition coefficient (Wildman–Crippen LogP) is 3.47. The van der Waals surface area contributed by atoms with Gasteiger partial charge in [0.25, 0.3) is 0 Å². The second-order valence-electron chi connectivity index (χ2n) is 2.22. The van der Waals surface area contributed by atoms with Crippen LogP contribution in [-0.4, -0.2) is 6.36 Å². The van der Waals surface area contributed by atoms with Crippen molar-refractivity contribution in [3.8, 4) is 5.75 Å². The van der Waals surface area contributed by atoms with E-state index in [-0.39, 0.29) is 0 Å². The number of halogens is 6. The smallest absolute Gasteiger partial charge is 0.401 e. The number of rotatable bonds is 1. The first-order valence-electron chi connectivity index (χ1n) is 3.20. The van der Waals surface area contributed by atoms with E-state index in [4.69, 9.17) is 0 Å². The van der Waals surface area contributed by atoms with E-state index in [2.05, 4.69) is 4.74 Å². The zero-order chi connectivity index (χ0) is 10.9. The first-order chi connectivity index (χ1) is 6.31. The molecule has 0 radical (unpaired) electrons. The van der Waals surface area contributed by atoms with Crippen LogP contribution in [0.25, 0.3) is 0 Å². The molecule has 0 unspecified atom stereocenters. The van der Waals surface area contributed by atoms with Gasteiger partial charge in [0, 0.05) is 0 Å². The summed E-state index contributed by atoms with van der Waals surface area (Å²) < 4.78 is 63.4. The summed E-state index contributed by atoms with van der Waals surface area (Å²) in [4.78, 5) is 0. The first-order valence-corrected chi connectivity index (χ1v) is 4.28. The molecular weight excluding hydrogens is 322 g/mol. The highest BCUT2D eigenvalue weighted by atomic mass is 127. The van der Waals surface area contributed by atoms with Crippen molar-refractivity contribution in [1.29, 1.82) is 0 Å². The second kappa shape index (κ2) is 3.87. The molecule has 0 saturated carbocycles. The van der Waals surface area contributed by atoms with Crippen molar-refractivity contribution in [1.82, 2.24) is 0 Å². The van der Waals surface area contributed by atoms with Crippen LogP contribution in [0, 0.1) is 15.2 Å². The van der Waals surface area contributed by atoms with E-state index in [0.29, 0.717) is 6.07 Å². The van der Waals surface area contributed by atoms with Gasteiger partial charge in [-0.05, 0) is 34.7 Å². The van der Waals surface area contributed by atoms with Crippen LogP contribution in [0.1, 0.15) is 0 Å². The van der Waals surface area contributed by atoms with Crippen molar-refractivity contribution in [2.24, 2.45) is 0 Å². The third-order valence-corrected chi connectivity index (χ3v) is 2.22. The molecule has 0 bridgehead atoms. The molecule has 0 amide bonds. The number of hydrogen-bond donors (Lipinski definition) is 0. The Morgan fingerprint density at radius 1 is 1.07 bits per heavy atom. The molecule has 0 atom stereocenters. The summed E-state index contributed by atoms with van der Waals surface area (Å²) in [6, 6.07) is 1.29. The van der Waals surface area contributed by atoms with E-state index in [1.54, 1.807) is 0 Å². The monoisotopic (exact) mass is 324 g/mol. The maximum absolute atomic E-state index is 12.8. The van der Waals surface area contributed by atoms with Crippen LogP contribution < -0.4 is 4.74 Å². The minimum atomic E-state index is -5.03. The van der Waals surface area contributed by atoms with Gasteiger partial charge in [-0.15, -0.1) is 13.2 Å². The molecule has 0 aliphatic rings. The summed E-state index contributed by atoms with van der Waals surface area (Å²) in [6.45, 7) is 0. The Hall–Kier alpha value is -0.600. The topological polar surface area (TPSA) is 9.23 Å². The van der Waals surface area contributed by atoms with Crippen LogP contribution in [-0.2, 0) is 0 Å². The lowest BCUT2D eigenvalue weighted by molar-refractivity contribution is -0.276. The molecular formula is C7H2F5IO. The molecule has 7 heteroatoms. The molecule has 0 N–H and O–H groups in total. The van der Waals surface area contributed by atoms with Gasteiger partial charge in [-0.3, -0.25) is 0 Å². The molecule has 1 nitrogen and oxygen atoms in total. The van der Waals surface area contributed by atoms with Crippen molar-refractivity contribution in [2.75, 3.05) is 0 Å². The van der Waals surface area contributed by atoms with Crippen LogP contribution in [0.4, 0.5) is 22.0 Å². The van der Waals surface area contributed by atoms with Gasteiger partial charge in [-0.2, -0.15) is 0 Å². The molecule has 0 aromatic heterocycles. The van der Waals surface area contributed by atoms with E-state index in [1.807, 2.05) is 0 Å². The molecule has 1 aromatic rings. The molecule has 1 aromatic carbocycles.